The van der Waals surface area contributed by atoms with E-state index in [9.17, 15) is 4.79 Å². The molecule has 0 saturated carbocycles. The summed E-state index contributed by atoms with van der Waals surface area (Å²) < 4.78 is 0. The summed E-state index contributed by atoms with van der Waals surface area (Å²) in [4.78, 5) is 13.7. The minimum atomic E-state index is -0.228. The largest absolute Gasteiger partial charge is 0.340 e. The third-order valence-corrected chi connectivity index (χ3v) is 2.70. The first-order valence-corrected chi connectivity index (χ1v) is 5.68. The first-order chi connectivity index (χ1) is 8.27. The van der Waals surface area contributed by atoms with Crippen LogP contribution in [-0.2, 0) is 0 Å². The lowest BCUT2D eigenvalue weighted by Gasteiger charge is -2.29. The highest BCUT2D eigenvalue weighted by atomic mass is 16.1. The molecule has 2 rings (SSSR count). The number of benzene rings is 1. The Morgan fingerprint density at radius 3 is 2.53 bits per heavy atom. The second-order valence-corrected chi connectivity index (χ2v) is 3.91. The number of nitrogens with zero attached hydrogens (tertiary/aromatic N) is 1. The van der Waals surface area contributed by atoms with Crippen LogP contribution in [0.4, 0.5) is 0 Å². The minimum absolute atomic E-state index is 0.181. The SMILES string of the molecule is N=C(NC(=O)c1ccccc1)N1CCNCC1. The Balaban J connectivity index is 1.92. The molecule has 90 valence electrons. The van der Waals surface area contributed by atoms with Gasteiger partial charge in [0, 0.05) is 31.7 Å². The molecule has 0 atom stereocenters. The number of carbonyl (C=O) groups excluding carboxylic acids is 1. The Kier molecular flexibility index (Phi) is 3.72. The zero-order valence-electron chi connectivity index (χ0n) is 9.57. The highest BCUT2D eigenvalue weighted by molar-refractivity contribution is 6.04. The number of nitrogens with one attached hydrogen (secondary N) is 3. The van der Waals surface area contributed by atoms with Gasteiger partial charge in [0.25, 0.3) is 5.91 Å². The van der Waals surface area contributed by atoms with Gasteiger partial charge >= 0.3 is 0 Å². The topological polar surface area (TPSA) is 68.2 Å². The minimum Gasteiger partial charge on any atom is -0.340 e. The van der Waals surface area contributed by atoms with E-state index in [1.54, 1.807) is 12.1 Å². The average molecular weight is 232 g/mol. The van der Waals surface area contributed by atoms with Gasteiger partial charge in [0.05, 0.1) is 0 Å². The van der Waals surface area contributed by atoms with E-state index in [1.807, 2.05) is 23.1 Å². The molecule has 1 fully saturated rings. The molecule has 0 unspecified atom stereocenters. The Hall–Kier alpha value is -1.88. The van der Waals surface area contributed by atoms with Gasteiger partial charge in [0.1, 0.15) is 0 Å². The second-order valence-electron chi connectivity index (χ2n) is 3.91. The highest BCUT2D eigenvalue weighted by Gasteiger charge is 2.15. The summed E-state index contributed by atoms with van der Waals surface area (Å²) in [7, 11) is 0. The van der Waals surface area contributed by atoms with Crippen molar-refractivity contribution < 1.29 is 4.79 Å². The van der Waals surface area contributed by atoms with Crippen LogP contribution in [0.5, 0.6) is 0 Å². The van der Waals surface area contributed by atoms with Crippen molar-refractivity contribution in [2.45, 2.75) is 0 Å². The number of carbonyl (C=O) groups is 1. The first kappa shape index (κ1) is 11.6. The number of hydrogen-bond donors (Lipinski definition) is 3. The molecule has 0 aromatic heterocycles. The summed E-state index contributed by atoms with van der Waals surface area (Å²) in [6.45, 7) is 3.22. The first-order valence-electron chi connectivity index (χ1n) is 5.68. The molecule has 1 aromatic rings. The van der Waals surface area contributed by atoms with Crippen LogP contribution < -0.4 is 10.6 Å². The second kappa shape index (κ2) is 5.45. The van der Waals surface area contributed by atoms with E-state index < -0.39 is 0 Å². The van der Waals surface area contributed by atoms with Gasteiger partial charge in [-0.15, -0.1) is 0 Å². The summed E-state index contributed by atoms with van der Waals surface area (Å²) in [5.74, 6) is -0.0468. The van der Waals surface area contributed by atoms with Crippen molar-refractivity contribution in [3.63, 3.8) is 0 Å². The van der Waals surface area contributed by atoms with Crippen LogP contribution in [0.25, 0.3) is 0 Å². The quantitative estimate of drug-likeness (QED) is 0.480. The molecule has 1 aromatic carbocycles. The van der Waals surface area contributed by atoms with Gasteiger partial charge in [-0.2, -0.15) is 0 Å². The van der Waals surface area contributed by atoms with Gasteiger partial charge in [-0.25, -0.2) is 0 Å². The maximum atomic E-state index is 11.8. The van der Waals surface area contributed by atoms with E-state index in [2.05, 4.69) is 10.6 Å². The summed E-state index contributed by atoms with van der Waals surface area (Å²) in [5.41, 5.74) is 0.576. The smallest absolute Gasteiger partial charge is 0.257 e. The molecule has 1 saturated heterocycles. The molecular formula is C12H16N4O. The molecule has 0 spiro atoms. The Morgan fingerprint density at radius 2 is 1.88 bits per heavy atom. The lowest BCUT2D eigenvalue weighted by molar-refractivity contribution is 0.0971. The summed E-state index contributed by atoms with van der Waals surface area (Å²) in [5, 5.41) is 13.6. The third kappa shape index (κ3) is 3.04. The van der Waals surface area contributed by atoms with Crippen LogP contribution in [0, 0.1) is 5.41 Å². The number of guanidine groups is 1. The lowest BCUT2D eigenvalue weighted by atomic mass is 10.2. The van der Waals surface area contributed by atoms with Gasteiger partial charge in [-0.3, -0.25) is 15.5 Å². The van der Waals surface area contributed by atoms with Crippen LogP contribution in [0.2, 0.25) is 0 Å². The molecule has 5 heteroatoms. The van der Waals surface area contributed by atoms with Gasteiger partial charge in [0.2, 0.25) is 0 Å². The normalized spacial score (nSPS) is 15.4. The average Bonchev–Trinajstić information content (AvgIpc) is 2.40. The van der Waals surface area contributed by atoms with Crippen LogP contribution in [-0.4, -0.2) is 42.9 Å². The molecule has 3 N–H and O–H groups in total. The zero-order chi connectivity index (χ0) is 12.1. The van der Waals surface area contributed by atoms with Crippen molar-refractivity contribution in [3.05, 3.63) is 35.9 Å². The number of piperazine rings is 1. The predicted molar refractivity (Wildman–Crippen MR) is 66.1 cm³/mol. The van der Waals surface area contributed by atoms with E-state index in [4.69, 9.17) is 5.41 Å². The highest BCUT2D eigenvalue weighted by Crippen LogP contribution is 1.99. The number of rotatable bonds is 1. The number of amides is 1. The van der Waals surface area contributed by atoms with Crippen molar-refractivity contribution in [3.8, 4) is 0 Å². The molecule has 0 aliphatic carbocycles. The Bertz CT molecular complexity index is 398. The molecule has 0 bridgehead atoms. The molecule has 17 heavy (non-hydrogen) atoms. The third-order valence-electron chi connectivity index (χ3n) is 2.70. The van der Waals surface area contributed by atoms with Crippen molar-refractivity contribution in [2.75, 3.05) is 26.2 Å². The molecule has 1 aliphatic rings. The molecule has 0 radical (unpaired) electrons. The fourth-order valence-corrected chi connectivity index (χ4v) is 1.74. The molecular weight excluding hydrogens is 216 g/mol. The Labute approximate surface area is 100 Å². The zero-order valence-corrected chi connectivity index (χ0v) is 9.57. The number of hydrogen-bond acceptors (Lipinski definition) is 3. The summed E-state index contributed by atoms with van der Waals surface area (Å²) in [6.07, 6.45) is 0. The fourth-order valence-electron chi connectivity index (χ4n) is 1.74. The van der Waals surface area contributed by atoms with Crippen LogP contribution >= 0.6 is 0 Å². The van der Waals surface area contributed by atoms with Gasteiger partial charge in [-0.05, 0) is 12.1 Å². The standard InChI is InChI=1S/C12H16N4O/c13-12(16-8-6-14-7-9-16)15-11(17)10-4-2-1-3-5-10/h1-5,14H,6-9H2,(H2,13,15,17). The van der Waals surface area contributed by atoms with Crippen molar-refractivity contribution in [1.82, 2.24) is 15.5 Å². The van der Waals surface area contributed by atoms with Crippen molar-refractivity contribution in [2.24, 2.45) is 0 Å². The molecule has 5 nitrogen and oxygen atoms in total. The van der Waals surface area contributed by atoms with E-state index in [1.165, 1.54) is 0 Å². The van der Waals surface area contributed by atoms with Gasteiger partial charge in [-0.1, -0.05) is 18.2 Å². The summed E-state index contributed by atoms with van der Waals surface area (Å²) in [6, 6.07) is 8.95. The maximum absolute atomic E-state index is 11.8. The van der Waals surface area contributed by atoms with Crippen LogP contribution in [0.3, 0.4) is 0 Å². The maximum Gasteiger partial charge on any atom is 0.257 e. The van der Waals surface area contributed by atoms with Gasteiger partial charge in [0.15, 0.2) is 5.96 Å². The van der Waals surface area contributed by atoms with Gasteiger partial charge < -0.3 is 10.2 Å². The Morgan fingerprint density at radius 1 is 1.24 bits per heavy atom. The monoisotopic (exact) mass is 232 g/mol. The molecule has 1 amide bonds. The van der Waals surface area contributed by atoms with Crippen LogP contribution in [0.15, 0.2) is 30.3 Å². The van der Waals surface area contributed by atoms with E-state index >= 15 is 0 Å². The van der Waals surface area contributed by atoms with E-state index in [-0.39, 0.29) is 11.9 Å². The van der Waals surface area contributed by atoms with Crippen molar-refractivity contribution >= 4 is 11.9 Å². The van der Waals surface area contributed by atoms with Crippen molar-refractivity contribution in [1.29, 1.82) is 5.41 Å². The lowest BCUT2D eigenvalue weighted by Crippen LogP contribution is -2.51. The summed E-state index contributed by atoms with van der Waals surface area (Å²) >= 11 is 0. The van der Waals surface area contributed by atoms with E-state index in [0.717, 1.165) is 26.2 Å². The van der Waals surface area contributed by atoms with E-state index in [0.29, 0.717) is 5.56 Å². The molecule has 1 heterocycles. The predicted octanol–water partition coefficient (Wildman–Crippen LogP) is 0.256. The molecule has 1 aliphatic heterocycles. The fraction of sp³-hybridized carbons (Fsp3) is 0.333. The van der Waals surface area contributed by atoms with Crippen LogP contribution in [0.1, 0.15) is 10.4 Å².